The van der Waals surface area contributed by atoms with Crippen molar-refractivity contribution in [2.24, 2.45) is 11.7 Å². The second-order valence-electron chi connectivity index (χ2n) is 6.22. The van der Waals surface area contributed by atoms with Crippen molar-refractivity contribution in [2.45, 2.75) is 19.4 Å². The molecule has 1 aliphatic heterocycles. The monoisotopic (exact) mass is 335 g/mol. The summed E-state index contributed by atoms with van der Waals surface area (Å²) in [5, 5.41) is 12.3. The average Bonchev–Trinajstić information content (AvgIpc) is 2.67. The van der Waals surface area contributed by atoms with Crippen LogP contribution in [0.2, 0.25) is 0 Å². The molecule has 1 aliphatic rings. The van der Waals surface area contributed by atoms with Crippen LogP contribution < -0.4 is 16.0 Å². The molecule has 2 aromatic rings. The Morgan fingerprint density at radius 3 is 2.88 bits per heavy atom. The molecule has 0 saturated carbocycles. The number of amides is 1. The first-order valence-corrected chi connectivity index (χ1v) is 8.39. The largest absolute Gasteiger partial charge is 0.371 e. The van der Waals surface area contributed by atoms with E-state index in [0.29, 0.717) is 24.5 Å². The number of nitrogens with one attached hydrogen (secondary N) is 1. The van der Waals surface area contributed by atoms with E-state index in [9.17, 15) is 4.79 Å². The predicted molar refractivity (Wildman–Crippen MR) is 96.9 cm³/mol. The minimum absolute atomic E-state index is 0.0661. The summed E-state index contributed by atoms with van der Waals surface area (Å²) in [5.74, 6) is 0.312. The van der Waals surface area contributed by atoms with E-state index >= 15 is 0 Å². The zero-order valence-corrected chi connectivity index (χ0v) is 14.0. The van der Waals surface area contributed by atoms with Crippen molar-refractivity contribution >= 4 is 17.4 Å². The highest BCUT2D eigenvalue weighted by atomic mass is 16.1. The molecule has 25 heavy (non-hydrogen) atoms. The van der Waals surface area contributed by atoms with Gasteiger partial charge in [-0.05, 0) is 42.7 Å². The van der Waals surface area contributed by atoms with E-state index in [1.807, 2.05) is 12.1 Å². The second kappa shape index (κ2) is 7.67. The van der Waals surface area contributed by atoms with Crippen LogP contribution in [0.4, 0.5) is 11.5 Å². The first kappa shape index (κ1) is 16.8. The third kappa shape index (κ3) is 4.07. The quantitative estimate of drug-likeness (QED) is 0.874. The number of nitrogens with zero attached hydrogens (tertiary/aromatic N) is 3. The third-order valence-electron chi connectivity index (χ3n) is 4.51. The van der Waals surface area contributed by atoms with Gasteiger partial charge in [-0.1, -0.05) is 12.1 Å². The molecule has 1 aromatic carbocycles. The maximum Gasteiger partial charge on any atom is 0.222 e. The topological polar surface area (TPSA) is 95.0 Å². The first-order chi connectivity index (χ1) is 12.2. The van der Waals surface area contributed by atoms with Gasteiger partial charge in [0.05, 0.1) is 11.5 Å². The van der Waals surface area contributed by atoms with Crippen LogP contribution in [0.5, 0.6) is 0 Å². The van der Waals surface area contributed by atoms with Gasteiger partial charge in [-0.25, -0.2) is 4.98 Å². The fraction of sp³-hybridized carbons (Fsp3) is 0.316. The molecule has 6 heteroatoms. The predicted octanol–water partition coefficient (Wildman–Crippen LogP) is 2.27. The molecule has 0 aliphatic carbocycles. The lowest BCUT2D eigenvalue weighted by Crippen LogP contribution is -2.41. The van der Waals surface area contributed by atoms with Gasteiger partial charge in [0.25, 0.3) is 0 Å². The van der Waals surface area contributed by atoms with Crippen LogP contribution in [0.3, 0.4) is 0 Å². The van der Waals surface area contributed by atoms with E-state index < -0.39 is 0 Å². The molecule has 0 bridgehead atoms. The van der Waals surface area contributed by atoms with Gasteiger partial charge in [0, 0.05) is 31.5 Å². The summed E-state index contributed by atoms with van der Waals surface area (Å²) in [5.41, 5.74) is 8.18. The van der Waals surface area contributed by atoms with E-state index in [4.69, 9.17) is 11.0 Å². The molecule has 1 saturated heterocycles. The molecule has 0 unspecified atom stereocenters. The van der Waals surface area contributed by atoms with Crippen LogP contribution in [0.15, 0.2) is 42.6 Å². The summed E-state index contributed by atoms with van der Waals surface area (Å²) in [6.07, 6.45) is 3.52. The van der Waals surface area contributed by atoms with Gasteiger partial charge in [0.15, 0.2) is 0 Å². The Morgan fingerprint density at radius 2 is 2.16 bits per heavy atom. The summed E-state index contributed by atoms with van der Waals surface area (Å²) < 4.78 is 0. The van der Waals surface area contributed by atoms with Crippen molar-refractivity contribution in [1.29, 1.82) is 5.26 Å². The fourth-order valence-electron chi connectivity index (χ4n) is 3.09. The molecule has 1 amide bonds. The van der Waals surface area contributed by atoms with Crippen LogP contribution in [0.1, 0.15) is 24.0 Å². The number of nitriles is 1. The molecule has 0 spiro atoms. The number of benzene rings is 1. The number of nitrogens with two attached hydrogens (primary N) is 1. The molecule has 6 nitrogen and oxygen atoms in total. The van der Waals surface area contributed by atoms with Crippen molar-refractivity contribution in [3.05, 3.63) is 53.7 Å². The Balaban J connectivity index is 1.62. The van der Waals surface area contributed by atoms with Crippen molar-refractivity contribution in [3.8, 4) is 6.07 Å². The van der Waals surface area contributed by atoms with Gasteiger partial charge in [-0.2, -0.15) is 5.26 Å². The second-order valence-corrected chi connectivity index (χ2v) is 6.22. The first-order valence-electron chi connectivity index (χ1n) is 8.39. The molecule has 128 valence electrons. The Labute approximate surface area is 147 Å². The maximum atomic E-state index is 11.4. The highest BCUT2D eigenvalue weighted by Crippen LogP contribution is 2.23. The number of pyridine rings is 1. The number of hydrogen-bond acceptors (Lipinski definition) is 5. The van der Waals surface area contributed by atoms with E-state index in [2.05, 4.69) is 33.4 Å². The van der Waals surface area contributed by atoms with Gasteiger partial charge in [-0.3, -0.25) is 4.79 Å². The summed E-state index contributed by atoms with van der Waals surface area (Å²) >= 11 is 0. The van der Waals surface area contributed by atoms with Crippen molar-refractivity contribution in [1.82, 2.24) is 4.98 Å². The van der Waals surface area contributed by atoms with E-state index in [1.165, 1.54) is 0 Å². The molecule has 3 rings (SSSR count). The fourth-order valence-corrected chi connectivity index (χ4v) is 3.09. The van der Waals surface area contributed by atoms with Gasteiger partial charge < -0.3 is 16.0 Å². The molecule has 2 heterocycles. The Morgan fingerprint density at radius 1 is 1.36 bits per heavy atom. The van der Waals surface area contributed by atoms with Crippen molar-refractivity contribution in [2.75, 3.05) is 23.3 Å². The normalized spacial score (nSPS) is 16.9. The van der Waals surface area contributed by atoms with Crippen LogP contribution in [0, 0.1) is 17.2 Å². The lowest BCUT2D eigenvalue weighted by molar-refractivity contribution is -0.122. The number of carbonyl (C=O) groups excluding carboxylic acids is 1. The molecule has 1 atom stereocenters. The van der Waals surface area contributed by atoms with Gasteiger partial charge in [-0.15, -0.1) is 0 Å². The Hall–Kier alpha value is -3.07. The van der Waals surface area contributed by atoms with Crippen LogP contribution >= 0.6 is 0 Å². The highest BCUT2D eigenvalue weighted by Gasteiger charge is 2.23. The number of carbonyl (C=O) groups is 1. The smallest absolute Gasteiger partial charge is 0.222 e. The summed E-state index contributed by atoms with van der Waals surface area (Å²) in [6.45, 7) is 2.23. The van der Waals surface area contributed by atoms with Crippen LogP contribution in [0.25, 0.3) is 0 Å². The lowest BCUT2D eigenvalue weighted by Gasteiger charge is -2.33. The molecule has 0 radical (unpaired) electrons. The highest BCUT2D eigenvalue weighted by molar-refractivity contribution is 5.77. The Kier molecular flexibility index (Phi) is 5.14. The summed E-state index contributed by atoms with van der Waals surface area (Å²) in [4.78, 5) is 17.8. The van der Waals surface area contributed by atoms with E-state index in [1.54, 1.807) is 18.3 Å². The zero-order valence-electron chi connectivity index (χ0n) is 14.0. The number of rotatable bonds is 5. The third-order valence-corrected chi connectivity index (χ3v) is 4.51. The SMILES string of the molecule is N#Cc1cccnc1NCc1ccc(N2CCC[C@@H](C(N)=O)C2)cc1. The molecular weight excluding hydrogens is 314 g/mol. The number of anilines is 2. The average molecular weight is 335 g/mol. The maximum absolute atomic E-state index is 11.4. The number of hydrogen-bond donors (Lipinski definition) is 2. The van der Waals surface area contributed by atoms with Gasteiger partial charge in [0.2, 0.25) is 5.91 Å². The van der Waals surface area contributed by atoms with Crippen molar-refractivity contribution < 1.29 is 4.79 Å². The van der Waals surface area contributed by atoms with E-state index in [-0.39, 0.29) is 11.8 Å². The summed E-state index contributed by atoms with van der Waals surface area (Å²) in [7, 11) is 0. The van der Waals surface area contributed by atoms with Gasteiger partial charge in [0.1, 0.15) is 11.9 Å². The lowest BCUT2D eigenvalue weighted by atomic mass is 9.97. The van der Waals surface area contributed by atoms with Crippen LogP contribution in [-0.4, -0.2) is 24.0 Å². The molecule has 1 fully saturated rings. The van der Waals surface area contributed by atoms with Crippen molar-refractivity contribution in [3.63, 3.8) is 0 Å². The number of aromatic nitrogens is 1. The number of primary amides is 1. The summed E-state index contributed by atoms with van der Waals surface area (Å²) in [6, 6.07) is 13.8. The number of piperidine rings is 1. The molecular formula is C19H21N5O. The Bertz CT molecular complexity index is 781. The van der Waals surface area contributed by atoms with Crippen LogP contribution in [-0.2, 0) is 11.3 Å². The standard InChI is InChI=1S/C19H21N5O/c20-11-15-3-1-9-22-19(15)23-12-14-5-7-17(8-6-14)24-10-2-4-16(13-24)18(21)25/h1,3,5-9,16H,2,4,10,12-13H2,(H2,21,25)(H,22,23)/t16-/m1/s1. The minimum atomic E-state index is -0.214. The molecule has 1 aromatic heterocycles. The van der Waals surface area contributed by atoms with E-state index in [0.717, 1.165) is 30.6 Å². The minimum Gasteiger partial charge on any atom is -0.371 e. The zero-order chi connectivity index (χ0) is 17.6. The van der Waals surface area contributed by atoms with Gasteiger partial charge >= 0.3 is 0 Å². The molecule has 3 N–H and O–H groups in total.